The fraction of sp³-hybridized carbons (Fsp3) is 0.500. The molecule has 0 radical (unpaired) electrons. The zero-order chi connectivity index (χ0) is 13.7. The van der Waals surface area contributed by atoms with Gasteiger partial charge in [-0.05, 0) is 32.8 Å². The fourth-order valence-electron chi connectivity index (χ4n) is 2.15. The Morgan fingerprint density at radius 3 is 3.16 bits per heavy atom. The van der Waals surface area contributed by atoms with Crippen LogP contribution in [-0.4, -0.2) is 40.0 Å². The van der Waals surface area contributed by atoms with E-state index >= 15 is 0 Å². The van der Waals surface area contributed by atoms with Crippen molar-refractivity contribution in [3.63, 3.8) is 0 Å². The highest BCUT2D eigenvalue weighted by molar-refractivity contribution is 5.87. The van der Waals surface area contributed by atoms with Gasteiger partial charge in [0.25, 0.3) is 0 Å². The van der Waals surface area contributed by atoms with Crippen molar-refractivity contribution in [1.82, 2.24) is 14.9 Å². The van der Waals surface area contributed by atoms with E-state index in [2.05, 4.69) is 9.97 Å². The van der Waals surface area contributed by atoms with Crippen LogP contribution in [0.15, 0.2) is 24.4 Å². The maximum absolute atomic E-state index is 11.8. The van der Waals surface area contributed by atoms with Crippen molar-refractivity contribution in [3.8, 4) is 5.88 Å². The van der Waals surface area contributed by atoms with E-state index in [0.717, 1.165) is 19.4 Å². The molecule has 0 saturated carbocycles. The van der Waals surface area contributed by atoms with Crippen LogP contribution in [0.25, 0.3) is 0 Å². The van der Waals surface area contributed by atoms with E-state index in [4.69, 9.17) is 4.74 Å². The predicted molar refractivity (Wildman–Crippen MR) is 71.8 cm³/mol. The standard InChI is InChI=1S/C14H19N3O2/c1-3-5-14(18)17-9-4-6-12(10-17)19-13-7-8-15-11(2)16-13/h3,5,7-8,12H,4,6,9-10H2,1-2H3/b5-3+. The molecule has 5 heteroatoms. The molecule has 0 aromatic carbocycles. The van der Waals surface area contributed by atoms with Crippen molar-refractivity contribution in [3.05, 3.63) is 30.2 Å². The molecule has 1 aromatic rings. The van der Waals surface area contributed by atoms with Crippen LogP contribution in [-0.2, 0) is 4.79 Å². The molecule has 0 spiro atoms. The monoisotopic (exact) mass is 261 g/mol. The van der Waals surface area contributed by atoms with Gasteiger partial charge >= 0.3 is 0 Å². The first kappa shape index (κ1) is 13.5. The highest BCUT2D eigenvalue weighted by atomic mass is 16.5. The third-order valence-electron chi connectivity index (χ3n) is 3.04. The minimum absolute atomic E-state index is 0.0113. The number of likely N-dealkylation sites (tertiary alicyclic amines) is 1. The van der Waals surface area contributed by atoms with Gasteiger partial charge in [-0.15, -0.1) is 0 Å². The molecule has 0 bridgehead atoms. The van der Waals surface area contributed by atoms with E-state index in [1.807, 2.05) is 18.7 Å². The number of aryl methyl sites for hydroxylation is 1. The SMILES string of the molecule is C/C=C/C(=O)N1CCCC(Oc2ccnc(C)n2)C1. The Kier molecular flexibility index (Phi) is 4.49. The average molecular weight is 261 g/mol. The molecule has 0 aliphatic carbocycles. The molecule has 2 rings (SSSR count). The Balaban J connectivity index is 1.96. The van der Waals surface area contributed by atoms with Gasteiger partial charge in [0.15, 0.2) is 0 Å². The van der Waals surface area contributed by atoms with E-state index in [1.54, 1.807) is 24.4 Å². The molecular weight excluding hydrogens is 242 g/mol. The Labute approximate surface area is 113 Å². The first-order valence-electron chi connectivity index (χ1n) is 6.57. The number of amides is 1. The quantitative estimate of drug-likeness (QED) is 0.778. The number of carbonyl (C=O) groups excluding carboxylic acids is 1. The molecule has 1 aliphatic heterocycles. The summed E-state index contributed by atoms with van der Waals surface area (Å²) in [7, 11) is 0. The first-order chi connectivity index (χ1) is 9.19. The van der Waals surface area contributed by atoms with Crippen LogP contribution >= 0.6 is 0 Å². The molecule has 2 heterocycles. The van der Waals surface area contributed by atoms with Gasteiger partial charge in [0.2, 0.25) is 11.8 Å². The highest BCUT2D eigenvalue weighted by Gasteiger charge is 2.23. The normalized spacial score (nSPS) is 19.7. The molecule has 1 aliphatic rings. The Morgan fingerprint density at radius 2 is 2.42 bits per heavy atom. The van der Waals surface area contributed by atoms with E-state index in [0.29, 0.717) is 18.2 Å². The Hall–Kier alpha value is -1.91. The third kappa shape index (κ3) is 3.77. The number of aromatic nitrogens is 2. The lowest BCUT2D eigenvalue weighted by atomic mass is 10.1. The van der Waals surface area contributed by atoms with E-state index in [1.165, 1.54) is 0 Å². The summed E-state index contributed by atoms with van der Waals surface area (Å²) in [6.07, 6.45) is 6.96. The second-order valence-electron chi connectivity index (χ2n) is 4.61. The zero-order valence-corrected chi connectivity index (χ0v) is 11.4. The van der Waals surface area contributed by atoms with Gasteiger partial charge in [-0.25, -0.2) is 4.98 Å². The van der Waals surface area contributed by atoms with Gasteiger partial charge < -0.3 is 9.64 Å². The van der Waals surface area contributed by atoms with Crippen LogP contribution in [0.5, 0.6) is 5.88 Å². The van der Waals surface area contributed by atoms with Crippen LogP contribution in [0.3, 0.4) is 0 Å². The van der Waals surface area contributed by atoms with Crippen LogP contribution in [0, 0.1) is 6.92 Å². The van der Waals surface area contributed by atoms with Crippen molar-refractivity contribution in [2.45, 2.75) is 32.8 Å². The molecule has 0 N–H and O–H groups in total. The van der Waals surface area contributed by atoms with Crippen molar-refractivity contribution < 1.29 is 9.53 Å². The van der Waals surface area contributed by atoms with Crippen molar-refractivity contribution >= 4 is 5.91 Å². The smallest absolute Gasteiger partial charge is 0.246 e. The van der Waals surface area contributed by atoms with Crippen molar-refractivity contribution in [1.29, 1.82) is 0 Å². The number of hydrogen-bond acceptors (Lipinski definition) is 4. The largest absolute Gasteiger partial charge is 0.472 e. The lowest BCUT2D eigenvalue weighted by Crippen LogP contribution is -2.43. The topological polar surface area (TPSA) is 55.3 Å². The van der Waals surface area contributed by atoms with Gasteiger partial charge in [0.1, 0.15) is 11.9 Å². The summed E-state index contributed by atoms with van der Waals surface area (Å²) in [5.41, 5.74) is 0. The highest BCUT2D eigenvalue weighted by Crippen LogP contribution is 2.16. The first-order valence-corrected chi connectivity index (χ1v) is 6.57. The van der Waals surface area contributed by atoms with E-state index < -0.39 is 0 Å². The number of hydrogen-bond donors (Lipinski definition) is 0. The van der Waals surface area contributed by atoms with Crippen molar-refractivity contribution in [2.75, 3.05) is 13.1 Å². The van der Waals surface area contributed by atoms with Gasteiger partial charge in [-0.3, -0.25) is 4.79 Å². The minimum atomic E-state index is 0.0113. The third-order valence-corrected chi connectivity index (χ3v) is 3.04. The molecule has 102 valence electrons. The molecule has 1 atom stereocenters. The van der Waals surface area contributed by atoms with Crippen molar-refractivity contribution in [2.24, 2.45) is 0 Å². The fourth-order valence-corrected chi connectivity index (χ4v) is 2.15. The molecule has 1 amide bonds. The number of piperidine rings is 1. The van der Waals surface area contributed by atoms with Gasteiger partial charge in [-0.2, -0.15) is 4.98 Å². The maximum Gasteiger partial charge on any atom is 0.246 e. The average Bonchev–Trinajstić information content (AvgIpc) is 2.39. The number of nitrogens with zero attached hydrogens (tertiary/aromatic N) is 3. The van der Waals surface area contributed by atoms with Crippen LogP contribution in [0.2, 0.25) is 0 Å². The molecule has 19 heavy (non-hydrogen) atoms. The number of rotatable bonds is 3. The lowest BCUT2D eigenvalue weighted by Gasteiger charge is -2.32. The maximum atomic E-state index is 11.8. The van der Waals surface area contributed by atoms with Crippen LogP contribution < -0.4 is 4.74 Å². The molecule has 5 nitrogen and oxygen atoms in total. The Morgan fingerprint density at radius 1 is 1.58 bits per heavy atom. The number of ether oxygens (including phenoxy) is 1. The van der Waals surface area contributed by atoms with Gasteiger partial charge in [0.05, 0.1) is 6.54 Å². The predicted octanol–water partition coefficient (Wildman–Crippen LogP) is 1.73. The van der Waals surface area contributed by atoms with E-state index in [-0.39, 0.29) is 12.0 Å². The van der Waals surface area contributed by atoms with Gasteiger partial charge in [-0.1, -0.05) is 6.08 Å². The summed E-state index contributed by atoms with van der Waals surface area (Å²) in [6.45, 7) is 5.09. The molecule has 1 saturated heterocycles. The summed E-state index contributed by atoms with van der Waals surface area (Å²) in [4.78, 5) is 21.9. The van der Waals surface area contributed by atoms with Gasteiger partial charge in [0, 0.05) is 18.8 Å². The number of allylic oxidation sites excluding steroid dienone is 1. The second kappa shape index (κ2) is 6.31. The summed E-state index contributed by atoms with van der Waals surface area (Å²) < 4.78 is 5.83. The minimum Gasteiger partial charge on any atom is -0.472 e. The second-order valence-corrected chi connectivity index (χ2v) is 4.61. The zero-order valence-electron chi connectivity index (χ0n) is 11.4. The van der Waals surface area contributed by atoms with Crippen LogP contribution in [0.1, 0.15) is 25.6 Å². The lowest BCUT2D eigenvalue weighted by molar-refractivity contribution is -0.128. The summed E-state index contributed by atoms with van der Waals surface area (Å²) in [6, 6.07) is 1.75. The Bertz CT molecular complexity index is 474. The van der Waals surface area contributed by atoms with Crippen LogP contribution in [0.4, 0.5) is 0 Å². The molecule has 1 unspecified atom stereocenters. The van der Waals surface area contributed by atoms with E-state index in [9.17, 15) is 4.79 Å². The summed E-state index contributed by atoms with van der Waals surface area (Å²) in [5, 5.41) is 0. The summed E-state index contributed by atoms with van der Waals surface area (Å²) in [5.74, 6) is 1.32. The molecule has 1 aromatic heterocycles. The summed E-state index contributed by atoms with van der Waals surface area (Å²) >= 11 is 0. The molecular formula is C14H19N3O2. The molecule has 1 fully saturated rings. The number of carbonyl (C=O) groups is 1.